The number of rotatable bonds is 8. The third-order valence-electron chi connectivity index (χ3n) is 4.51. The molecule has 0 radical (unpaired) electrons. The molecule has 0 bridgehead atoms. The summed E-state index contributed by atoms with van der Waals surface area (Å²) >= 11 is 6.41. The summed E-state index contributed by atoms with van der Waals surface area (Å²) in [6, 6.07) is 21.7. The Morgan fingerprint density at radius 2 is 1.83 bits per heavy atom. The number of aromatic nitrogens is 3. The maximum atomic E-state index is 6.41. The Labute approximate surface area is 174 Å². The molecule has 4 rings (SSSR count). The zero-order chi connectivity index (χ0) is 20.1. The van der Waals surface area contributed by atoms with Gasteiger partial charge in [0, 0.05) is 23.5 Å². The van der Waals surface area contributed by atoms with Crippen LogP contribution in [0, 0.1) is 0 Å². The van der Waals surface area contributed by atoms with E-state index in [1.165, 1.54) is 0 Å². The molecule has 0 aliphatic carbocycles. The Morgan fingerprint density at radius 3 is 2.55 bits per heavy atom. The minimum Gasteiger partial charge on any atom is -0.490 e. The number of H-pyrrole nitrogens is 1. The first-order chi connectivity index (χ1) is 14.2. The van der Waals surface area contributed by atoms with Crippen molar-refractivity contribution >= 4 is 11.6 Å². The summed E-state index contributed by atoms with van der Waals surface area (Å²) in [5.41, 5.74) is 3.97. The average molecular weight is 408 g/mol. The van der Waals surface area contributed by atoms with Crippen LogP contribution >= 0.6 is 11.6 Å². The number of nitrogens with zero attached hydrogens (tertiary/aromatic N) is 2. The number of nitrogens with one attached hydrogen (secondary N) is 1. The van der Waals surface area contributed by atoms with Gasteiger partial charge in [-0.2, -0.15) is 5.10 Å². The van der Waals surface area contributed by atoms with Gasteiger partial charge in [-0.15, -0.1) is 0 Å². The van der Waals surface area contributed by atoms with Crippen LogP contribution in [0.3, 0.4) is 0 Å². The highest BCUT2D eigenvalue weighted by atomic mass is 35.5. The molecule has 0 spiro atoms. The first kappa shape index (κ1) is 19.2. The van der Waals surface area contributed by atoms with E-state index in [0.29, 0.717) is 30.5 Å². The van der Waals surface area contributed by atoms with Crippen LogP contribution in [0.25, 0.3) is 22.5 Å². The molecule has 1 N–H and O–H groups in total. The number of ether oxygens (including phenoxy) is 2. The Hall–Kier alpha value is -3.18. The average Bonchev–Trinajstić information content (AvgIpc) is 3.41. The summed E-state index contributed by atoms with van der Waals surface area (Å²) in [6.45, 7) is 3.52. The highest BCUT2D eigenvalue weighted by molar-refractivity contribution is 6.32. The molecule has 0 atom stereocenters. The van der Waals surface area contributed by atoms with Gasteiger partial charge in [-0.1, -0.05) is 41.9 Å². The SMILES string of the molecule is CCOc1cc(-c2ccccc2)nn1CCOc1ccc(-c2ccc[nH]2)cc1Cl. The maximum Gasteiger partial charge on any atom is 0.212 e. The molecule has 29 heavy (non-hydrogen) atoms. The van der Waals surface area contributed by atoms with E-state index in [9.17, 15) is 0 Å². The predicted molar refractivity (Wildman–Crippen MR) is 116 cm³/mol. The fourth-order valence-electron chi connectivity index (χ4n) is 3.11. The van der Waals surface area contributed by atoms with E-state index in [2.05, 4.69) is 10.1 Å². The summed E-state index contributed by atoms with van der Waals surface area (Å²) in [5, 5.41) is 5.25. The summed E-state index contributed by atoms with van der Waals surface area (Å²) in [4.78, 5) is 3.17. The van der Waals surface area contributed by atoms with Gasteiger partial charge in [0.05, 0.1) is 23.9 Å². The lowest BCUT2D eigenvalue weighted by Crippen LogP contribution is -2.11. The van der Waals surface area contributed by atoms with Crippen molar-refractivity contribution in [2.24, 2.45) is 0 Å². The molecule has 2 heterocycles. The van der Waals surface area contributed by atoms with Crippen molar-refractivity contribution in [1.82, 2.24) is 14.8 Å². The van der Waals surface area contributed by atoms with Crippen LogP contribution in [-0.4, -0.2) is 28.0 Å². The molecule has 0 unspecified atom stereocenters. The topological polar surface area (TPSA) is 52.1 Å². The molecule has 2 aromatic heterocycles. The van der Waals surface area contributed by atoms with E-state index in [-0.39, 0.29) is 0 Å². The van der Waals surface area contributed by atoms with Gasteiger partial charge in [0.2, 0.25) is 5.88 Å². The fraction of sp³-hybridized carbons (Fsp3) is 0.174. The lowest BCUT2D eigenvalue weighted by atomic mass is 10.1. The number of hydrogen-bond donors (Lipinski definition) is 1. The Bertz CT molecular complexity index is 1060. The van der Waals surface area contributed by atoms with Crippen LogP contribution < -0.4 is 9.47 Å². The standard InChI is InChI=1S/C23H22ClN3O2/c1-2-28-23-16-21(17-7-4-3-5-8-17)26-27(23)13-14-29-22-11-10-18(15-19(22)24)20-9-6-12-25-20/h3-12,15-16,25H,2,13-14H2,1H3. The van der Waals surface area contributed by atoms with E-state index in [1.807, 2.05) is 84.5 Å². The number of benzene rings is 2. The summed E-state index contributed by atoms with van der Waals surface area (Å²) < 4.78 is 13.5. The van der Waals surface area contributed by atoms with E-state index in [1.54, 1.807) is 0 Å². The van der Waals surface area contributed by atoms with Crippen molar-refractivity contribution in [2.45, 2.75) is 13.5 Å². The van der Waals surface area contributed by atoms with Crippen molar-refractivity contribution in [3.63, 3.8) is 0 Å². The minimum absolute atomic E-state index is 0.428. The molecule has 0 aliphatic rings. The predicted octanol–water partition coefficient (Wildman–Crippen LogP) is 5.68. The molecule has 2 aromatic carbocycles. The van der Waals surface area contributed by atoms with Crippen LogP contribution in [0.4, 0.5) is 0 Å². The molecule has 6 heteroatoms. The number of hydrogen-bond acceptors (Lipinski definition) is 3. The van der Waals surface area contributed by atoms with Gasteiger partial charge in [0.25, 0.3) is 0 Å². The molecule has 5 nitrogen and oxygen atoms in total. The van der Waals surface area contributed by atoms with Gasteiger partial charge in [-0.05, 0) is 42.8 Å². The summed E-state index contributed by atoms with van der Waals surface area (Å²) in [7, 11) is 0. The Kier molecular flexibility index (Phi) is 5.86. The second-order valence-electron chi connectivity index (χ2n) is 6.47. The molecule has 0 aliphatic heterocycles. The largest absolute Gasteiger partial charge is 0.490 e. The minimum atomic E-state index is 0.428. The van der Waals surface area contributed by atoms with E-state index in [4.69, 9.17) is 21.1 Å². The van der Waals surface area contributed by atoms with E-state index < -0.39 is 0 Å². The molecular formula is C23H22ClN3O2. The highest BCUT2D eigenvalue weighted by Crippen LogP contribution is 2.30. The van der Waals surface area contributed by atoms with Crippen molar-refractivity contribution in [1.29, 1.82) is 0 Å². The monoisotopic (exact) mass is 407 g/mol. The second kappa shape index (κ2) is 8.88. The third-order valence-corrected chi connectivity index (χ3v) is 4.80. The second-order valence-corrected chi connectivity index (χ2v) is 6.87. The molecule has 0 fully saturated rings. The molecule has 0 amide bonds. The van der Waals surface area contributed by atoms with Crippen molar-refractivity contribution in [3.05, 3.63) is 77.9 Å². The zero-order valence-corrected chi connectivity index (χ0v) is 16.9. The Morgan fingerprint density at radius 1 is 0.966 bits per heavy atom. The Balaban J connectivity index is 1.44. The first-order valence-corrected chi connectivity index (χ1v) is 9.94. The van der Waals surface area contributed by atoms with Gasteiger partial charge in [-0.3, -0.25) is 0 Å². The van der Waals surface area contributed by atoms with Gasteiger partial charge in [0.15, 0.2) is 0 Å². The lowest BCUT2D eigenvalue weighted by Gasteiger charge is -2.11. The molecule has 0 saturated heterocycles. The molecule has 0 saturated carbocycles. The van der Waals surface area contributed by atoms with Crippen molar-refractivity contribution in [2.75, 3.05) is 13.2 Å². The van der Waals surface area contributed by atoms with E-state index >= 15 is 0 Å². The van der Waals surface area contributed by atoms with Crippen molar-refractivity contribution < 1.29 is 9.47 Å². The normalized spacial score (nSPS) is 10.8. The molecule has 4 aromatic rings. The number of halogens is 1. The smallest absolute Gasteiger partial charge is 0.212 e. The lowest BCUT2D eigenvalue weighted by molar-refractivity contribution is 0.260. The van der Waals surface area contributed by atoms with Gasteiger partial charge < -0.3 is 14.5 Å². The summed E-state index contributed by atoms with van der Waals surface area (Å²) in [5.74, 6) is 1.37. The van der Waals surface area contributed by atoms with E-state index in [0.717, 1.165) is 28.4 Å². The first-order valence-electron chi connectivity index (χ1n) is 9.57. The molecular weight excluding hydrogens is 386 g/mol. The fourth-order valence-corrected chi connectivity index (χ4v) is 3.35. The maximum absolute atomic E-state index is 6.41. The molecule has 148 valence electrons. The van der Waals surface area contributed by atoms with Crippen LogP contribution in [0.15, 0.2) is 72.9 Å². The van der Waals surface area contributed by atoms with Gasteiger partial charge in [-0.25, -0.2) is 4.68 Å². The van der Waals surface area contributed by atoms with Crippen LogP contribution in [0.2, 0.25) is 5.02 Å². The highest BCUT2D eigenvalue weighted by Gasteiger charge is 2.11. The van der Waals surface area contributed by atoms with Crippen LogP contribution in [0.1, 0.15) is 6.92 Å². The van der Waals surface area contributed by atoms with Gasteiger partial charge >= 0.3 is 0 Å². The van der Waals surface area contributed by atoms with Crippen LogP contribution in [-0.2, 0) is 6.54 Å². The van der Waals surface area contributed by atoms with Crippen molar-refractivity contribution in [3.8, 4) is 34.1 Å². The quantitative estimate of drug-likeness (QED) is 0.409. The number of aromatic amines is 1. The zero-order valence-electron chi connectivity index (χ0n) is 16.1. The van der Waals surface area contributed by atoms with Gasteiger partial charge in [0.1, 0.15) is 12.4 Å². The third kappa shape index (κ3) is 4.46. The van der Waals surface area contributed by atoms with Crippen LogP contribution in [0.5, 0.6) is 11.6 Å². The summed E-state index contributed by atoms with van der Waals surface area (Å²) in [6.07, 6.45) is 1.89.